The molecule has 0 aromatic heterocycles. The number of amides is 1. The molecule has 0 bridgehead atoms. The molecular formula is C25H34N2O4S. The van der Waals surface area contributed by atoms with Crippen molar-refractivity contribution in [1.29, 1.82) is 0 Å². The first-order valence-electron chi connectivity index (χ1n) is 11.3. The third kappa shape index (κ3) is 10.1. The average molecular weight is 459 g/mol. The summed E-state index contributed by atoms with van der Waals surface area (Å²) >= 11 is 5.28. The molecule has 2 N–H and O–H groups in total. The van der Waals surface area contributed by atoms with E-state index in [4.69, 9.17) is 26.4 Å². The Morgan fingerprint density at radius 3 is 2.38 bits per heavy atom. The quantitative estimate of drug-likeness (QED) is 0.285. The maximum absolute atomic E-state index is 12.5. The average Bonchev–Trinajstić information content (AvgIpc) is 2.79. The van der Waals surface area contributed by atoms with Gasteiger partial charge in [0.25, 0.3) is 5.91 Å². The van der Waals surface area contributed by atoms with Crippen molar-refractivity contribution in [2.45, 2.75) is 46.0 Å². The van der Waals surface area contributed by atoms with Gasteiger partial charge in [0.15, 0.2) is 5.11 Å². The van der Waals surface area contributed by atoms with Crippen LogP contribution in [0.3, 0.4) is 0 Å². The second kappa shape index (κ2) is 15.2. The zero-order valence-corrected chi connectivity index (χ0v) is 19.8. The summed E-state index contributed by atoms with van der Waals surface area (Å²) in [6.07, 6.45) is 5.98. The van der Waals surface area contributed by atoms with E-state index in [1.807, 2.05) is 31.2 Å². The molecule has 0 saturated heterocycles. The predicted molar refractivity (Wildman–Crippen MR) is 133 cm³/mol. The Kier molecular flexibility index (Phi) is 12.2. The molecule has 0 spiro atoms. The van der Waals surface area contributed by atoms with Crippen LogP contribution in [0.1, 0.15) is 56.3 Å². The molecule has 32 heavy (non-hydrogen) atoms. The van der Waals surface area contributed by atoms with Crippen molar-refractivity contribution in [1.82, 2.24) is 5.32 Å². The van der Waals surface area contributed by atoms with E-state index in [-0.39, 0.29) is 11.0 Å². The third-order valence-corrected chi connectivity index (χ3v) is 4.86. The highest BCUT2D eigenvalue weighted by atomic mass is 32.1. The second-order valence-corrected chi connectivity index (χ2v) is 7.68. The van der Waals surface area contributed by atoms with Gasteiger partial charge in [-0.2, -0.15) is 0 Å². The van der Waals surface area contributed by atoms with E-state index in [0.29, 0.717) is 37.7 Å². The van der Waals surface area contributed by atoms with E-state index in [9.17, 15) is 4.79 Å². The largest absolute Gasteiger partial charge is 0.494 e. The molecule has 0 heterocycles. The fraction of sp³-hybridized carbons (Fsp3) is 0.440. The minimum absolute atomic E-state index is 0.217. The molecule has 174 valence electrons. The number of carbonyl (C=O) groups is 1. The minimum Gasteiger partial charge on any atom is -0.494 e. The summed E-state index contributed by atoms with van der Waals surface area (Å²) in [4.78, 5) is 12.5. The van der Waals surface area contributed by atoms with Crippen LogP contribution in [0.5, 0.6) is 11.5 Å². The van der Waals surface area contributed by atoms with Crippen LogP contribution in [0.4, 0.5) is 5.69 Å². The Morgan fingerprint density at radius 2 is 1.62 bits per heavy atom. The number of hydrogen-bond acceptors (Lipinski definition) is 5. The number of unbranched alkanes of at least 4 members (excludes halogenated alkanes) is 4. The van der Waals surface area contributed by atoms with Gasteiger partial charge in [0, 0.05) is 23.9 Å². The van der Waals surface area contributed by atoms with E-state index in [1.165, 1.54) is 25.7 Å². The van der Waals surface area contributed by atoms with Gasteiger partial charge in [0.1, 0.15) is 18.1 Å². The van der Waals surface area contributed by atoms with Crippen molar-refractivity contribution in [2.75, 3.05) is 31.7 Å². The predicted octanol–water partition coefficient (Wildman–Crippen LogP) is 5.58. The third-order valence-electron chi connectivity index (χ3n) is 4.65. The molecule has 2 aromatic rings. The van der Waals surface area contributed by atoms with Crippen molar-refractivity contribution in [3.63, 3.8) is 0 Å². The van der Waals surface area contributed by atoms with Crippen LogP contribution in [0.2, 0.25) is 0 Å². The maximum atomic E-state index is 12.5. The molecule has 0 fully saturated rings. The molecule has 0 unspecified atom stereocenters. The Hall–Kier alpha value is -2.64. The molecule has 0 atom stereocenters. The summed E-state index contributed by atoms with van der Waals surface area (Å²) in [5, 5.41) is 5.92. The zero-order valence-electron chi connectivity index (χ0n) is 19.0. The highest BCUT2D eigenvalue weighted by Crippen LogP contribution is 2.17. The molecule has 7 heteroatoms. The van der Waals surface area contributed by atoms with Gasteiger partial charge in [0.05, 0.1) is 13.2 Å². The molecule has 0 saturated carbocycles. The molecule has 0 radical (unpaired) electrons. The lowest BCUT2D eigenvalue weighted by Gasteiger charge is -2.12. The van der Waals surface area contributed by atoms with Gasteiger partial charge in [-0.25, -0.2) is 0 Å². The smallest absolute Gasteiger partial charge is 0.257 e. The van der Waals surface area contributed by atoms with Crippen LogP contribution in [-0.2, 0) is 4.74 Å². The number of hydrogen-bond donors (Lipinski definition) is 2. The number of benzene rings is 2. The molecular weight excluding hydrogens is 424 g/mol. The van der Waals surface area contributed by atoms with E-state index in [1.54, 1.807) is 24.3 Å². The van der Waals surface area contributed by atoms with E-state index in [0.717, 1.165) is 17.9 Å². The minimum atomic E-state index is -0.280. The number of thiocarbonyl (C=S) groups is 1. The Labute approximate surface area is 196 Å². The fourth-order valence-corrected chi connectivity index (χ4v) is 3.17. The molecule has 2 rings (SSSR count). The summed E-state index contributed by atoms with van der Waals surface area (Å²) in [5.74, 6) is 1.18. The molecule has 6 nitrogen and oxygen atoms in total. The van der Waals surface area contributed by atoms with Crippen molar-refractivity contribution >= 4 is 28.9 Å². The van der Waals surface area contributed by atoms with Gasteiger partial charge >= 0.3 is 0 Å². The number of anilines is 1. The summed E-state index contributed by atoms with van der Waals surface area (Å²) in [6.45, 7) is 6.50. The molecule has 0 aliphatic carbocycles. The topological polar surface area (TPSA) is 68.8 Å². The van der Waals surface area contributed by atoms with Crippen LogP contribution < -0.4 is 20.1 Å². The highest BCUT2D eigenvalue weighted by Gasteiger charge is 2.09. The lowest BCUT2D eigenvalue weighted by molar-refractivity contribution is 0.0977. The number of carbonyl (C=O) groups excluding carboxylic acids is 1. The highest BCUT2D eigenvalue weighted by molar-refractivity contribution is 7.80. The second-order valence-electron chi connectivity index (χ2n) is 7.27. The molecule has 2 aromatic carbocycles. The van der Waals surface area contributed by atoms with Crippen molar-refractivity contribution < 1.29 is 19.0 Å². The number of ether oxygens (including phenoxy) is 3. The van der Waals surface area contributed by atoms with Gasteiger partial charge in [0.2, 0.25) is 0 Å². The fourth-order valence-electron chi connectivity index (χ4n) is 2.96. The van der Waals surface area contributed by atoms with Gasteiger partial charge in [-0.15, -0.1) is 0 Å². The summed E-state index contributed by atoms with van der Waals surface area (Å²) in [5.41, 5.74) is 1.24. The molecule has 0 aliphatic heterocycles. The Morgan fingerprint density at radius 1 is 0.875 bits per heavy atom. The van der Waals surface area contributed by atoms with Gasteiger partial charge in [-0.1, -0.05) is 38.7 Å². The monoisotopic (exact) mass is 458 g/mol. The summed E-state index contributed by atoms with van der Waals surface area (Å²) in [6, 6.07) is 14.5. The van der Waals surface area contributed by atoms with Crippen LogP contribution in [0, 0.1) is 0 Å². The maximum Gasteiger partial charge on any atom is 0.257 e. The first-order chi connectivity index (χ1) is 15.6. The van der Waals surface area contributed by atoms with Crippen LogP contribution in [0.15, 0.2) is 48.5 Å². The zero-order chi connectivity index (χ0) is 23.0. The molecule has 0 aliphatic rings. The lowest BCUT2D eigenvalue weighted by atomic mass is 10.2. The van der Waals surface area contributed by atoms with Crippen LogP contribution >= 0.6 is 12.2 Å². The summed E-state index contributed by atoms with van der Waals surface area (Å²) < 4.78 is 16.6. The first kappa shape index (κ1) is 25.6. The standard InChI is InChI=1S/C25H34N2O4S/c1-3-5-6-7-8-16-30-22-14-12-20(13-15-22)24(28)27-25(32)26-21-10-9-11-23(19-21)31-18-17-29-4-2/h9-15,19H,3-8,16-18H2,1-2H3,(H2,26,27,28,32). The SMILES string of the molecule is CCCCCCCOc1ccc(C(=O)NC(=S)Nc2cccc(OCCOCC)c2)cc1. The van der Waals surface area contributed by atoms with E-state index in [2.05, 4.69) is 17.6 Å². The molecule has 1 amide bonds. The number of nitrogens with one attached hydrogen (secondary N) is 2. The van der Waals surface area contributed by atoms with E-state index < -0.39 is 0 Å². The summed E-state index contributed by atoms with van der Waals surface area (Å²) in [7, 11) is 0. The van der Waals surface area contributed by atoms with Crippen molar-refractivity contribution in [3.05, 3.63) is 54.1 Å². The van der Waals surface area contributed by atoms with Crippen molar-refractivity contribution in [2.24, 2.45) is 0 Å². The van der Waals surface area contributed by atoms with Crippen LogP contribution in [-0.4, -0.2) is 37.4 Å². The van der Waals surface area contributed by atoms with Gasteiger partial charge < -0.3 is 19.5 Å². The Bertz CT molecular complexity index is 827. The Balaban J connectivity index is 1.75. The van der Waals surface area contributed by atoms with Gasteiger partial charge in [-0.3, -0.25) is 10.1 Å². The number of rotatable bonds is 14. The van der Waals surface area contributed by atoms with E-state index >= 15 is 0 Å². The lowest BCUT2D eigenvalue weighted by Crippen LogP contribution is -2.34. The normalized spacial score (nSPS) is 10.4. The van der Waals surface area contributed by atoms with Gasteiger partial charge in [-0.05, 0) is 62.0 Å². The van der Waals surface area contributed by atoms with Crippen molar-refractivity contribution in [3.8, 4) is 11.5 Å². The van der Waals surface area contributed by atoms with Crippen LogP contribution in [0.25, 0.3) is 0 Å². The first-order valence-corrected chi connectivity index (χ1v) is 11.7.